The van der Waals surface area contributed by atoms with Crippen LogP contribution in [0.15, 0.2) is 12.1 Å². The van der Waals surface area contributed by atoms with Crippen molar-refractivity contribution < 1.29 is 13.9 Å². The van der Waals surface area contributed by atoms with Gasteiger partial charge < -0.3 is 15.2 Å². The number of halogens is 2. The van der Waals surface area contributed by atoms with Gasteiger partial charge in [0.2, 0.25) is 0 Å². The first-order valence-corrected chi connectivity index (χ1v) is 5.37. The zero-order valence-electron chi connectivity index (χ0n) is 9.75. The smallest absolute Gasteiger partial charge is 0.199 e. The van der Waals surface area contributed by atoms with E-state index in [0.717, 1.165) is 0 Å². The summed E-state index contributed by atoms with van der Waals surface area (Å²) >= 11 is 5.81. The maximum absolute atomic E-state index is 13.8. The van der Waals surface area contributed by atoms with Crippen molar-refractivity contribution in [2.45, 2.75) is 0 Å². The van der Waals surface area contributed by atoms with Gasteiger partial charge in [-0.25, -0.2) is 4.39 Å². The zero-order chi connectivity index (χ0) is 13.3. The summed E-state index contributed by atoms with van der Waals surface area (Å²) in [5.74, 6) is -0.199. The molecule has 2 aromatic rings. The number of hydrogen-bond donors (Lipinski definition) is 2. The molecule has 5 nitrogen and oxygen atoms in total. The van der Waals surface area contributed by atoms with E-state index < -0.39 is 5.82 Å². The number of nitrogens with one attached hydrogen (secondary N) is 1. The number of ether oxygens (including phenoxy) is 2. The largest absolute Gasteiger partial charge is 0.492 e. The van der Waals surface area contributed by atoms with Crippen LogP contribution in [0, 0.1) is 5.82 Å². The molecule has 96 valence electrons. The summed E-state index contributed by atoms with van der Waals surface area (Å²) in [6.45, 7) is 0. The Bertz CT molecular complexity index is 586. The predicted molar refractivity (Wildman–Crippen MR) is 66.5 cm³/mol. The van der Waals surface area contributed by atoms with E-state index in [-0.39, 0.29) is 16.5 Å². The molecule has 3 N–H and O–H groups in total. The van der Waals surface area contributed by atoms with Gasteiger partial charge in [0.1, 0.15) is 5.82 Å². The van der Waals surface area contributed by atoms with Gasteiger partial charge in [-0.1, -0.05) is 11.6 Å². The normalized spacial score (nSPS) is 10.4. The monoisotopic (exact) mass is 271 g/mol. The number of nitrogens with zero attached hydrogens (tertiary/aromatic N) is 1. The molecule has 0 unspecified atom stereocenters. The SMILES string of the molecule is COc1c(-c2cc(N)n[nH]2)cc(Cl)c(F)c1OC. The molecule has 0 saturated carbocycles. The second-order valence-electron chi connectivity index (χ2n) is 3.49. The van der Waals surface area contributed by atoms with Crippen LogP contribution < -0.4 is 15.2 Å². The highest BCUT2D eigenvalue weighted by atomic mass is 35.5. The van der Waals surface area contributed by atoms with Gasteiger partial charge >= 0.3 is 0 Å². The van der Waals surface area contributed by atoms with Gasteiger partial charge in [0.05, 0.1) is 24.9 Å². The van der Waals surface area contributed by atoms with Crippen molar-refractivity contribution in [2.75, 3.05) is 20.0 Å². The van der Waals surface area contributed by atoms with E-state index in [1.165, 1.54) is 20.3 Å². The lowest BCUT2D eigenvalue weighted by molar-refractivity contribution is 0.338. The number of hydrogen-bond acceptors (Lipinski definition) is 4. The fourth-order valence-corrected chi connectivity index (χ4v) is 1.84. The van der Waals surface area contributed by atoms with Crippen molar-refractivity contribution in [1.29, 1.82) is 0 Å². The summed E-state index contributed by atoms with van der Waals surface area (Å²) in [6, 6.07) is 3.01. The Kier molecular flexibility index (Phi) is 3.29. The van der Waals surface area contributed by atoms with Crippen LogP contribution in [0.3, 0.4) is 0 Å². The molecule has 0 aliphatic rings. The average Bonchev–Trinajstić information content (AvgIpc) is 2.78. The molecular weight excluding hydrogens is 261 g/mol. The second-order valence-corrected chi connectivity index (χ2v) is 3.90. The molecule has 0 fully saturated rings. The van der Waals surface area contributed by atoms with Crippen molar-refractivity contribution in [3.05, 3.63) is 23.0 Å². The molecule has 0 amide bonds. The van der Waals surface area contributed by atoms with Crippen LogP contribution in [0.1, 0.15) is 0 Å². The van der Waals surface area contributed by atoms with Crippen LogP contribution in [0.4, 0.5) is 10.2 Å². The number of aromatic nitrogens is 2. The summed E-state index contributed by atoms with van der Waals surface area (Å²) in [5, 5.41) is 6.43. The summed E-state index contributed by atoms with van der Waals surface area (Å²) in [7, 11) is 2.75. The first-order valence-electron chi connectivity index (χ1n) is 4.99. The fraction of sp³-hybridized carbons (Fsp3) is 0.182. The molecule has 1 heterocycles. The van der Waals surface area contributed by atoms with Gasteiger partial charge in [-0.15, -0.1) is 0 Å². The van der Waals surface area contributed by atoms with E-state index in [1.807, 2.05) is 0 Å². The molecule has 1 aromatic carbocycles. The van der Waals surface area contributed by atoms with E-state index in [2.05, 4.69) is 10.2 Å². The van der Waals surface area contributed by atoms with Gasteiger partial charge in [0, 0.05) is 11.6 Å². The lowest BCUT2D eigenvalue weighted by atomic mass is 10.1. The number of methoxy groups -OCH3 is 2. The number of H-pyrrole nitrogens is 1. The van der Waals surface area contributed by atoms with Crippen molar-refractivity contribution in [1.82, 2.24) is 10.2 Å². The molecule has 0 bridgehead atoms. The van der Waals surface area contributed by atoms with Crippen molar-refractivity contribution >= 4 is 17.4 Å². The van der Waals surface area contributed by atoms with E-state index in [0.29, 0.717) is 17.1 Å². The van der Waals surface area contributed by atoms with E-state index >= 15 is 0 Å². The average molecular weight is 272 g/mol. The molecule has 0 radical (unpaired) electrons. The molecule has 0 aliphatic heterocycles. The maximum atomic E-state index is 13.8. The Morgan fingerprint density at radius 2 is 1.94 bits per heavy atom. The van der Waals surface area contributed by atoms with Crippen LogP contribution in [0.2, 0.25) is 5.02 Å². The summed E-state index contributed by atoms with van der Waals surface area (Å²) in [6.07, 6.45) is 0. The lowest BCUT2D eigenvalue weighted by Crippen LogP contribution is -1.97. The van der Waals surface area contributed by atoms with Crippen LogP contribution in [0.5, 0.6) is 11.5 Å². The van der Waals surface area contributed by atoms with Gasteiger partial charge in [0.25, 0.3) is 0 Å². The summed E-state index contributed by atoms with van der Waals surface area (Å²) < 4.78 is 23.9. The first kappa shape index (κ1) is 12.5. The number of aromatic amines is 1. The standard InChI is InChI=1S/C11H11ClFN3O2/c1-17-10-5(7-4-8(14)16-15-7)3-6(12)9(13)11(10)18-2/h3-4H,1-2H3,(H3,14,15,16). The molecule has 0 spiro atoms. The molecule has 0 aliphatic carbocycles. The minimum atomic E-state index is -0.674. The highest BCUT2D eigenvalue weighted by Crippen LogP contribution is 2.42. The molecular formula is C11H11ClFN3O2. The summed E-state index contributed by atoms with van der Waals surface area (Å²) in [5.41, 5.74) is 6.60. The Labute approximate surface area is 108 Å². The third-order valence-electron chi connectivity index (χ3n) is 2.43. The van der Waals surface area contributed by atoms with Crippen LogP contribution >= 0.6 is 11.6 Å². The molecule has 7 heteroatoms. The van der Waals surface area contributed by atoms with Gasteiger partial charge in [-0.3, -0.25) is 5.10 Å². The van der Waals surface area contributed by atoms with Crippen molar-refractivity contribution in [3.8, 4) is 22.8 Å². The Balaban J connectivity index is 2.70. The number of nitrogen functional groups attached to an aromatic ring is 1. The number of rotatable bonds is 3. The van der Waals surface area contributed by atoms with Gasteiger partial charge in [0.15, 0.2) is 17.3 Å². The van der Waals surface area contributed by atoms with Gasteiger partial charge in [-0.05, 0) is 6.07 Å². The Hall–Kier alpha value is -1.95. The van der Waals surface area contributed by atoms with Crippen LogP contribution in [-0.2, 0) is 0 Å². The van der Waals surface area contributed by atoms with E-state index in [4.69, 9.17) is 26.8 Å². The van der Waals surface area contributed by atoms with E-state index in [1.54, 1.807) is 6.07 Å². The first-order chi connectivity index (χ1) is 8.58. The van der Waals surface area contributed by atoms with Crippen molar-refractivity contribution in [3.63, 3.8) is 0 Å². The molecule has 2 rings (SSSR count). The third-order valence-corrected chi connectivity index (χ3v) is 2.70. The number of nitrogens with two attached hydrogens (primary N) is 1. The van der Waals surface area contributed by atoms with Crippen LogP contribution in [0.25, 0.3) is 11.3 Å². The Morgan fingerprint density at radius 3 is 2.44 bits per heavy atom. The molecule has 1 aromatic heterocycles. The topological polar surface area (TPSA) is 73.2 Å². The Morgan fingerprint density at radius 1 is 1.28 bits per heavy atom. The third kappa shape index (κ3) is 1.95. The van der Waals surface area contributed by atoms with Gasteiger partial charge in [-0.2, -0.15) is 5.10 Å². The second kappa shape index (κ2) is 4.73. The summed E-state index contributed by atoms with van der Waals surface area (Å²) in [4.78, 5) is 0. The zero-order valence-corrected chi connectivity index (χ0v) is 10.5. The quantitative estimate of drug-likeness (QED) is 0.899. The number of benzene rings is 1. The van der Waals surface area contributed by atoms with E-state index in [9.17, 15) is 4.39 Å². The predicted octanol–water partition coefficient (Wildman–Crippen LogP) is 2.47. The minimum Gasteiger partial charge on any atom is -0.492 e. The minimum absolute atomic E-state index is 0.0619. The highest BCUT2D eigenvalue weighted by molar-refractivity contribution is 6.31. The molecule has 0 saturated heterocycles. The number of anilines is 1. The van der Waals surface area contributed by atoms with Crippen LogP contribution in [-0.4, -0.2) is 24.4 Å². The maximum Gasteiger partial charge on any atom is 0.199 e. The molecule has 18 heavy (non-hydrogen) atoms. The fourth-order valence-electron chi connectivity index (χ4n) is 1.65. The molecule has 0 atom stereocenters. The highest BCUT2D eigenvalue weighted by Gasteiger charge is 2.21. The lowest BCUT2D eigenvalue weighted by Gasteiger charge is -2.13. The van der Waals surface area contributed by atoms with Crippen molar-refractivity contribution in [2.24, 2.45) is 0 Å².